The number of H-pyrrole nitrogens is 1. The van der Waals surface area contributed by atoms with Gasteiger partial charge >= 0.3 is 5.69 Å². The number of likely N-dealkylation sites (tertiary alicyclic amines) is 1. The molecule has 25 heavy (non-hydrogen) atoms. The lowest BCUT2D eigenvalue weighted by Gasteiger charge is -2.40. The second-order valence-electron chi connectivity index (χ2n) is 7.38. The maximum absolute atomic E-state index is 12.9. The summed E-state index contributed by atoms with van der Waals surface area (Å²) in [5.41, 5.74) is 3.59. The van der Waals surface area contributed by atoms with Crippen molar-refractivity contribution in [1.29, 1.82) is 0 Å². The Labute approximate surface area is 146 Å². The van der Waals surface area contributed by atoms with E-state index in [-0.39, 0.29) is 23.6 Å². The summed E-state index contributed by atoms with van der Waals surface area (Å²) in [6.07, 6.45) is 6.05. The van der Waals surface area contributed by atoms with Crippen LogP contribution in [0.25, 0.3) is 0 Å². The summed E-state index contributed by atoms with van der Waals surface area (Å²) in [6.45, 7) is 5.14. The van der Waals surface area contributed by atoms with Crippen LogP contribution in [0, 0.1) is 13.8 Å². The van der Waals surface area contributed by atoms with E-state index in [4.69, 9.17) is 0 Å². The molecule has 1 spiro atoms. The molecule has 0 bridgehead atoms. The molecule has 1 atom stereocenters. The molecule has 1 aliphatic carbocycles. The maximum atomic E-state index is 12.9. The number of aromatic nitrogens is 4. The molecule has 0 saturated carbocycles. The molecule has 132 valence electrons. The molecule has 1 unspecified atom stereocenters. The first-order valence-corrected chi connectivity index (χ1v) is 8.84. The van der Waals surface area contributed by atoms with E-state index in [1.54, 1.807) is 6.92 Å². The van der Waals surface area contributed by atoms with Gasteiger partial charge in [0.1, 0.15) is 6.54 Å². The zero-order valence-corrected chi connectivity index (χ0v) is 14.7. The van der Waals surface area contributed by atoms with Crippen molar-refractivity contribution < 1.29 is 4.79 Å². The van der Waals surface area contributed by atoms with Crippen LogP contribution in [0.3, 0.4) is 0 Å². The maximum Gasteiger partial charge on any atom is 0.348 e. The first-order valence-electron chi connectivity index (χ1n) is 8.84. The van der Waals surface area contributed by atoms with Gasteiger partial charge in [-0.25, -0.2) is 4.79 Å². The van der Waals surface area contributed by atoms with Gasteiger partial charge in [0.2, 0.25) is 5.91 Å². The van der Waals surface area contributed by atoms with E-state index in [0.717, 1.165) is 37.9 Å². The average Bonchev–Trinajstić information content (AvgIpc) is 3.16. The van der Waals surface area contributed by atoms with Crippen molar-refractivity contribution in [3.05, 3.63) is 45.4 Å². The lowest BCUT2D eigenvalue weighted by molar-refractivity contribution is -0.134. The van der Waals surface area contributed by atoms with Crippen LogP contribution >= 0.6 is 0 Å². The van der Waals surface area contributed by atoms with Crippen molar-refractivity contribution in [1.82, 2.24) is 24.6 Å². The Bertz CT molecular complexity index is 884. The summed E-state index contributed by atoms with van der Waals surface area (Å²) < 4.78 is 1.47. The van der Waals surface area contributed by atoms with Crippen LogP contribution in [0.4, 0.5) is 0 Å². The van der Waals surface area contributed by atoms with Gasteiger partial charge in [-0.05, 0) is 51.2 Å². The number of aryl methyl sites for hydroxylation is 3. The van der Waals surface area contributed by atoms with Crippen LogP contribution in [0.15, 0.2) is 17.1 Å². The molecule has 1 N–H and O–H groups in total. The Balaban J connectivity index is 1.55. The highest BCUT2D eigenvalue weighted by Crippen LogP contribution is 2.43. The van der Waals surface area contributed by atoms with Crippen LogP contribution in [-0.2, 0) is 23.2 Å². The van der Waals surface area contributed by atoms with E-state index in [1.165, 1.54) is 15.8 Å². The Morgan fingerprint density at radius 3 is 3.00 bits per heavy atom. The van der Waals surface area contributed by atoms with Gasteiger partial charge in [-0.1, -0.05) is 0 Å². The van der Waals surface area contributed by atoms with E-state index in [2.05, 4.69) is 15.2 Å². The van der Waals surface area contributed by atoms with Gasteiger partial charge in [-0.2, -0.15) is 10.1 Å². The molecule has 7 heteroatoms. The average molecular weight is 341 g/mol. The van der Waals surface area contributed by atoms with Crippen LogP contribution < -0.4 is 5.69 Å². The van der Waals surface area contributed by atoms with Crippen LogP contribution in [0.5, 0.6) is 0 Å². The summed E-state index contributed by atoms with van der Waals surface area (Å²) in [7, 11) is 0. The number of aromatic amines is 1. The summed E-state index contributed by atoms with van der Waals surface area (Å²) in [5.74, 6) is -0.0112. The van der Waals surface area contributed by atoms with Gasteiger partial charge in [0.15, 0.2) is 0 Å². The van der Waals surface area contributed by atoms with E-state index >= 15 is 0 Å². The Morgan fingerprint density at radius 2 is 2.20 bits per heavy atom. The van der Waals surface area contributed by atoms with Gasteiger partial charge in [-0.3, -0.25) is 14.5 Å². The molecule has 0 radical (unpaired) electrons. The SMILES string of the molecule is Cc1cc(C)n(CC(=O)N2CCCC3(CCc4cn[nH]c43)C2)c(=O)n1. The number of hydrogen-bond donors (Lipinski definition) is 1. The van der Waals surface area contributed by atoms with E-state index in [9.17, 15) is 9.59 Å². The number of fused-ring (bicyclic) bond motifs is 2. The third kappa shape index (κ3) is 2.67. The minimum absolute atomic E-state index is 0.00523. The predicted molar refractivity (Wildman–Crippen MR) is 92.4 cm³/mol. The molecular weight excluding hydrogens is 318 g/mol. The molecule has 1 aliphatic heterocycles. The molecule has 7 nitrogen and oxygen atoms in total. The quantitative estimate of drug-likeness (QED) is 0.886. The molecule has 0 aromatic carbocycles. The van der Waals surface area contributed by atoms with Crippen molar-refractivity contribution >= 4 is 5.91 Å². The summed E-state index contributed by atoms with van der Waals surface area (Å²) in [4.78, 5) is 30.8. The fraction of sp³-hybridized carbons (Fsp3) is 0.556. The van der Waals surface area contributed by atoms with E-state index < -0.39 is 0 Å². The van der Waals surface area contributed by atoms with E-state index in [0.29, 0.717) is 12.2 Å². The molecule has 3 heterocycles. The van der Waals surface area contributed by atoms with Crippen molar-refractivity contribution in [2.75, 3.05) is 13.1 Å². The van der Waals surface area contributed by atoms with Gasteiger partial charge in [0.25, 0.3) is 0 Å². The lowest BCUT2D eigenvalue weighted by atomic mass is 9.77. The number of rotatable bonds is 2. The number of amides is 1. The zero-order chi connectivity index (χ0) is 17.6. The number of carbonyl (C=O) groups excluding carboxylic acids is 1. The van der Waals surface area contributed by atoms with Gasteiger partial charge in [0.05, 0.1) is 6.20 Å². The van der Waals surface area contributed by atoms with Crippen LogP contribution in [0.1, 0.15) is 41.9 Å². The molecule has 1 amide bonds. The zero-order valence-electron chi connectivity index (χ0n) is 14.7. The highest BCUT2D eigenvalue weighted by molar-refractivity contribution is 5.76. The fourth-order valence-corrected chi connectivity index (χ4v) is 4.41. The molecule has 1 saturated heterocycles. The fourth-order valence-electron chi connectivity index (χ4n) is 4.41. The van der Waals surface area contributed by atoms with Gasteiger partial charge in [0, 0.05) is 35.6 Å². The molecular formula is C18H23N5O2. The van der Waals surface area contributed by atoms with Gasteiger partial charge < -0.3 is 4.90 Å². The lowest BCUT2D eigenvalue weighted by Crippen LogP contribution is -2.49. The number of nitrogens with one attached hydrogen (secondary N) is 1. The number of hydrogen-bond acceptors (Lipinski definition) is 4. The predicted octanol–water partition coefficient (Wildman–Crippen LogP) is 1.09. The summed E-state index contributed by atoms with van der Waals surface area (Å²) in [6, 6.07) is 1.83. The first-order chi connectivity index (χ1) is 12.0. The van der Waals surface area contributed by atoms with Crippen LogP contribution in [0.2, 0.25) is 0 Å². The normalized spacial score (nSPS) is 22.4. The molecule has 4 rings (SSSR count). The molecule has 2 aromatic heterocycles. The Morgan fingerprint density at radius 1 is 1.36 bits per heavy atom. The third-order valence-electron chi connectivity index (χ3n) is 5.69. The van der Waals surface area contributed by atoms with Crippen molar-refractivity contribution in [3.8, 4) is 0 Å². The number of carbonyl (C=O) groups is 1. The summed E-state index contributed by atoms with van der Waals surface area (Å²) >= 11 is 0. The van der Waals surface area contributed by atoms with Crippen molar-refractivity contribution in [2.45, 2.75) is 51.5 Å². The van der Waals surface area contributed by atoms with Crippen molar-refractivity contribution in [2.24, 2.45) is 0 Å². The second kappa shape index (κ2) is 5.82. The largest absolute Gasteiger partial charge is 0.348 e. The number of nitrogens with zero attached hydrogens (tertiary/aromatic N) is 4. The van der Waals surface area contributed by atoms with E-state index in [1.807, 2.05) is 24.1 Å². The molecule has 2 aliphatic rings. The van der Waals surface area contributed by atoms with Crippen LogP contribution in [-0.4, -0.2) is 43.6 Å². The Hall–Kier alpha value is -2.44. The molecule has 1 fully saturated rings. The smallest absolute Gasteiger partial charge is 0.340 e. The van der Waals surface area contributed by atoms with Gasteiger partial charge in [-0.15, -0.1) is 0 Å². The Kier molecular flexibility index (Phi) is 3.74. The minimum Gasteiger partial charge on any atom is -0.340 e. The first kappa shape index (κ1) is 16.1. The highest BCUT2D eigenvalue weighted by Gasteiger charge is 2.44. The third-order valence-corrected chi connectivity index (χ3v) is 5.69. The standard InChI is InChI=1S/C18H23N5O2/c1-12-8-13(2)23(17(25)20-12)10-15(24)22-7-3-5-18(11-22)6-4-14-9-19-21-16(14)18/h8-9H,3-7,10-11H2,1-2H3,(H,19,21). The minimum atomic E-state index is -0.353. The van der Waals surface area contributed by atoms with Crippen molar-refractivity contribution in [3.63, 3.8) is 0 Å². The number of piperidine rings is 1. The monoisotopic (exact) mass is 341 g/mol. The highest BCUT2D eigenvalue weighted by atomic mass is 16.2. The second-order valence-corrected chi connectivity index (χ2v) is 7.38. The molecule has 2 aromatic rings. The summed E-state index contributed by atoms with van der Waals surface area (Å²) in [5, 5.41) is 7.34. The topological polar surface area (TPSA) is 83.9 Å².